The average Bonchev–Trinajstić information content (AvgIpc) is 2.74. The fourth-order valence-corrected chi connectivity index (χ4v) is 2.87. The van der Waals surface area contributed by atoms with Gasteiger partial charge >= 0.3 is 11.9 Å². The topological polar surface area (TPSA) is 119 Å². The highest BCUT2D eigenvalue weighted by Gasteiger charge is 2.54. The van der Waals surface area contributed by atoms with Crippen LogP contribution in [0.1, 0.15) is 32.6 Å². The minimum atomic E-state index is -0.491. The van der Waals surface area contributed by atoms with Gasteiger partial charge in [0.1, 0.15) is 0 Å². The Bertz CT molecular complexity index is 357. The van der Waals surface area contributed by atoms with Crippen molar-refractivity contribution in [2.75, 3.05) is 39.3 Å². The average molecular weight is 314 g/mol. The molecule has 7 nitrogen and oxygen atoms in total. The van der Waals surface area contributed by atoms with Crippen LogP contribution in [0.5, 0.6) is 0 Å². The van der Waals surface area contributed by atoms with E-state index in [1.165, 1.54) is 0 Å². The van der Waals surface area contributed by atoms with Gasteiger partial charge in [0, 0.05) is 39.3 Å². The van der Waals surface area contributed by atoms with Crippen LogP contribution in [0, 0.1) is 11.3 Å². The maximum absolute atomic E-state index is 11.3. The zero-order valence-corrected chi connectivity index (χ0v) is 13.5. The predicted molar refractivity (Wildman–Crippen MR) is 85.0 cm³/mol. The molecule has 2 aliphatic rings. The number of rotatable bonds is 7. The molecule has 0 aromatic heterocycles. The molecule has 1 aliphatic carbocycles. The molecule has 0 radical (unpaired) electrons. The van der Waals surface area contributed by atoms with Crippen LogP contribution in [0.15, 0.2) is 0 Å². The molecule has 2 rings (SSSR count). The van der Waals surface area contributed by atoms with E-state index in [0.717, 1.165) is 51.9 Å². The predicted octanol–water partition coefficient (Wildman–Crippen LogP) is -0.651. The van der Waals surface area contributed by atoms with Crippen LogP contribution in [-0.4, -0.2) is 51.2 Å². The molecule has 128 valence electrons. The number of carbonyl (C=O) groups excluding carboxylic acids is 2. The Morgan fingerprint density at radius 1 is 1.09 bits per heavy atom. The van der Waals surface area contributed by atoms with Gasteiger partial charge in [-0.15, -0.1) is 0 Å². The number of ether oxygens (including phenoxy) is 1. The minimum absolute atomic E-state index is 0.154. The number of fused-ring (bicyclic) bond motifs is 1. The molecule has 2 unspecified atom stereocenters. The van der Waals surface area contributed by atoms with Crippen molar-refractivity contribution in [3.8, 4) is 0 Å². The quantitative estimate of drug-likeness (QED) is 0.280. The van der Waals surface area contributed by atoms with Crippen molar-refractivity contribution >= 4 is 11.9 Å². The standard InChI is InChI=1S/C9H12O3.C6H18N4/c1-9-5-3-2-4-6(9)7(10)12-8(9)11;7-1-3-9-5-6-10-4-2-8/h6H,2-5H2,1H3;9-10H,1-8H2. The molecule has 1 saturated carbocycles. The highest BCUT2D eigenvalue weighted by Crippen LogP contribution is 2.46. The van der Waals surface area contributed by atoms with Crippen LogP contribution < -0.4 is 22.1 Å². The Morgan fingerprint density at radius 3 is 2.18 bits per heavy atom. The van der Waals surface area contributed by atoms with Gasteiger partial charge in [-0.1, -0.05) is 12.8 Å². The first-order valence-corrected chi connectivity index (χ1v) is 8.14. The summed E-state index contributed by atoms with van der Waals surface area (Å²) in [6, 6.07) is 0. The van der Waals surface area contributed by atoms with Crippen LogP contribution in [-0.2, 0) is 14.3 Å². The number of hydrogen-bond donors (Lipinski definition) is 4. The summed E-state index contributed by atoms with van der Waals surface area (Å²) < 4.78 is 4.63. The van der Waals surface area contributed by atoms with Crippen molar-refractivity contribution in [1.29, 1.82) is 0 Å². The molecule has 7 heteroatoms. The van der Waals surface area contributed by atoms with Gasteiger partial charge in [-0.05, 0) is 19.8 Å². The fraction of sp³-hybridized carbons (Fsp3) is 0.867. The molecule has 0 spiro atoms. The summed E-state index contributed by atoms with van der Waals surface area (Å²) in [6.45, 7) is 6.99. The Labute approximate surface area is 132 Å². The fourth-order valence-electron chi connectivity index (χ4n) is 2.87. The third-order valence-electron chi connectivity index (χ3n) is 4.27. The van der Waals surface area contributed by atoms with Gasteiger partial charge in [-0.25, -0.2) is 0 Å². The van der Waals surface area contributed by atoms with E-state index in [9.17, 15) is 9.59 Å². The summed E-state index contributed by atoms with van der Waals surface area (Å²) in [6.07, 6.45) is 3.71. The van der Waals surface area contributed by atoms with Crippen LogP contribution in [0.4, 0.5) is 0 Å². The van der Waals surface area contributed by atoms with Crippen molar-refractivity contribution in [1.82, 2.24) is 10.6 Å². The maximum Gasteiger partial charge on any atom is 0.320 e. The molecule has 6 N–H and O–H groups in total. The third kappa shape index (κ3) is 5.31. The number of carbonyl (C=O) groups is 2. The molecule has 22 heavy (non-hydrogen) atoms. The molecular formula is C15H30N4O3. The minimum Gasteiger partial charge on any atom is -0.392 e. The molecule has 1 heterocycles. The van der Waals surface area contributed by atoms with Gasteiger partial charge in [-0.3, -0.25) is 9.59 Å². The van der Waals surface area contributed by atoms with Crippen molar-refractivity contribution in [3.05, 3.63) is 0 Å². The summed E-state index contributed by atoms with van der Waals surface area (Å²) in [5.41, 5.74) is 10.0. The lowest BCUT2D eigenvalue weighted by Gasteiger charge is -2.29. The van der Waals surface area contributed by atoms with Crippen molar-refractivity contribution in [2.24, 2.45) is 22.8 Å². The first kappa shape index (κ1) is 19.0. The van der Waals surface area contributed by atoms with E-state index < -0.39 is 5.41 Å². The van der Waals surface area contributed by atoms with E-state index in [2.05, 4.69) is 15.4 Å². The van der Waals surface area contributed by atoms with Crippen molar-refractivity contribution < 1.29 is 14.3 Å². The van der Waals surface area contributed by atoms with E-state index in [1.54, 1.807) is 0 Å². The zero-order chi connectivity index (χ0) is 16.4. The Morgan fingerprint density at radius 2 is 1.68 bits per heavy atom. The first-order chi connectivity index (χ1) is 10.6. The molecule has 1 aliphatic heterocycles. The van der Waals surface area contributed by atoms with Gasteiger partial charge in [0.15, 0.2) is 0 Å². The van der Waals surface area contributed by atoms with Crippen LogP contribution in [0.3, 0.4) is 0 Å². The van der Waals surface area contributed by atoms with Crippen LogP contribution >= 0.6 is 0 Å². The van der Waals surface area contributed by atoms with E-state index in [1.807, 2.05) is 6.92 Å². The molecule has 2 fully saturated rings. The van der Waals surface area contributed by atoms with Gasteiger partial charge in [0.25, 0.3) is 0 Å². The zero-order valence-electron chi connectivity index (χ0n) is 13.5. The SMILES string of the molecule is CC12CCCCC1C(=O)OC2=O.NCCNCCNCCN. The second-order valence-corrected chi connectivity index (χ2v) is 6.00. The van der Waals surface area contributed by atoms with Crippen molar-refractivity contribution in [3.63, 3.8) is 0 Å². The van der Waals surface area contributed by atoms with E-state index >= 15 is 0 Å². The van der Waals surface area contributed by atoms with Gasteiger partial charge in [0.2, 0.25) is 0 Å². The first-order valence-electron chi connectivity index (χ1n) is 8.14. The molecule has 1 saturated heterocycles. The summed E-state index contributed by atoms with van der Waals surface area (Å²) in [5.74, 6) is -0.766. The Balaban J connectivity index is 0.000000225. The number of nitrogens with one attached hydrogen (secondary N) is 2. The molecule has 0 aromatic rings. The molecule has 2 atom stereocenters. The lowest BCUT2D eigenvalue weighted by Crippen LogP contribution is -2.33. The van der Waals surface area contributed by atoms with Gasteiger partial charge in [-0.2, -0.15) is 0 Å². The third-order valence-corrected chi connectivity index (χ3v) is 4.27. The van der Waals surface area contributed by atoms with Crippen molar-refractivity contribution in [2.45, 2.75) is 32.6 Å². The summed E-state index contributed by atoms with van der Waals surface area (Å²) >= 11 is 0. The normalized spacial score (nSPS) is 27.0. The van der Waals surface area contributed by atoms with E-state index in [0.29, 0.717) is 13.1 Å². The Hall–Kier alpha value is -1.02. The smallest absolute Gasteiger partial charge is 0.320 e. The largest absolute Gasteiger partial charge is 0.392 e. The highest BCUT2D eigenvalue weighted by molar-refractivity contribution is 5.99. The van der Waals surface area contributed by atoms with Gasteiger partial charge in [0.05, 0.1) is 11.3 Å². The second kappa shape index (κ2) is 9.89. The molecular weight excluding hydrogens is 284 g/mol. The number of hydrogen-bond acceptors (Lipinski definition) is 7. The summed E-state index contributed by atoms with van der Waals surface area (Å²) in [4.78, 5) is 22.5. The number of nitrogens with two attached hydrogens (primary N) is 2. The molecule has 0 bridgehead atoms. The van der Waals surface area contributed by atoms with E-state index in [-0.39, 0.29) is 17.9 Å². The lowest BCUT2D eigenvalue weighted by molar-refractivity contribution is -0.155. The van der Waals surface area contributed by atoms with Crippen LogP contribution in [0.25, 0.3) is 0 Å². The van der Waals surface area contributed by atoms with E-state index in [4.69, 9.17) is 11.5 Å². The lowest BCUT2D eigenvalue weighted by atomic mass is 9.69. The number of esters is 2. The molecule has 0 aromatic carbocycles. The maximum atomic E-state index is 11.3. The number of cyclic esters (lactones) is 2. The summed E-state index contributed by atoms with van der Waals surface area (Å²) in [7, 11) is 0. The van der Waals surface area contributed by atoms with Crippen LogP contribution in [0.2, 0.25) is 0 Å². The van der Waals surface area contributed by atoms with Gasteiger partial charge < -0.3 is 26.8 Å². The monoisotopic (exact) mass is 314 g/mol. The summed E-state index contributed by atoms with van der Waals surface area (Å²) in [5, 5.41) is 6.33. The second-order valence-electron chi connectivity index (χ2n) is 6.00. The highest BCUT2D eigenvalue weighted by atomic mass is 16.6. The molecule has 0 amide bonds. The Kier molecular flexibility index (Phi) is 8.55.